The fraction of sp³-hybridized carbons (Fsp3) is 0.500. The first-order valence-corrected chi connectivity index (χ1v) is 12.5. The average molecular weight is 458 g/mol. The van der Waals surface area contributed by atoms with E-state index in [2.05, 4.69) is 47.9 Å². The normalized spacial score (nSPS) is 27.6. The molecule has 1 spiro atoms. The molecule has 3 aliphatic rings. The number of anilines is 1. The van der Waals surface area contributed by atoms with Crippen LogP contribution >= 0.6 is 0 Å². The molecule has 1 unspecified atom stereocenters. The molecule has 176 valence electrons. The van der Waals surface area contributed by atoms with E-state index in [1.807, 2.05) is 19.4 Å². The zero-order chi connectivity index (χ0) is 22.7. The van der Waals surface area contributed by atoms with Crippen LogP contribution in [0.1, 0.15) is 37.8 Å². The second kappa shape index (κ2) is 7.78. The van der Waals surface area contributed by atoms with Crippen LogP contribution in [0, 0.1) is 12.3 Å². The number of nitrogens with zero attached hydrogens (tertiary/aromatic N) is 5. The van der Waals surface area contributed by atoms with Crippen LogP contribution in [0.3, 0.4) is 0 Å². The minimum absolute atomic E-state index is 0.436. The summed E-state index contributed by atoms with van der Waals surface area (Å²) in [5.41, 5.74) is 4.50. The summed E-state index contributed by atoms with van der Waals surface area (Å²) in [6.07, 6.45) is 12.0. The van der Waals surface area contributed by atoms with Gasteiger partial charge in [-0.1, -0.05) is 0 Å². The number of aromatic nitrogens is 5. The highest BCUT2D eigenvalue weighted by atomic mass is 16.5. The lowest BCUT2D eigenvalue weighted by Crippen LogP contribution is -2.45. The lowest BCUT2D eigenvalue weighted by atomic mass is 9.82. The maximum Gasteiger partial charge on any atom is 0.143 e. The zero-order valence-corrected chi connectivity index (χ0v) is 19.6. The van der Waals surface area contributed by atoms with Gasteiger partial charge in [-0.25, -0.2) is 15.0 Å². The number of rotatable bonds is 4. The molecule has 2 aliphatic carbocycles. The van der Waals surface area contributed by atoms with Crippen LogP contribution in [-0.4, -0.2) is 67.8 Å². The summed E-state index contributed by atoms with van der Waals surface area (Å²) in [6, 6.07) is 7.68. The number of aryl methyl sites for hydroxylation is 1. The number of benzene rings is 1. The van der Waals surface area contributed by atoms with Crippen molar-refractivity contribution in [2.24, 2.45) is 5.41 Å². The maximum absolute atomic E-state index is 5.55. The molecule has 4 aromatic rings. The van der Waals surface area contributed by atoms with Crippen molar-refractivity contribution in [1.82, 2.24) is 29.4 Å². The Morgan fingerprint density at radius 2 is 1.97 bits per heavy atom. The summed E-state index contributed by atoms with van der Waals surface area (Å²) in [4.78, 5) is 19.7. The second-order valence-corrected chi connectivity index (χ2v) is 10.4. The number of morpholine rings is 1. The summed E-state index contributed by atoms with van der Waals surface area (Å²) in [7, 11) is 0. The molecule has 0 amide bonds. The van der Waals surface area contributed by atoms with Crippen LogP contribution in [0.25, 0.3) is 27.6 Å². The number of aromatic amines is 1. The molecule has 3 aromatic heterocycles. The molecule has 8 heteroatoms. The Hall–Kier alpha value is -2.97. The van der Waals surface area contributed by atoms with Gasteiger partial charge in [-0.3, -0.25) is 4.90 Å². The summed E-state index contributed by atoms with van der Waals surface area (Å²) >= 11 is 0. The second-order valence-electron chi connectivity index (χ2n) is 10.4. The van der Waals surface area contributed by atoms with Gasteiger partial charge in [0.05, 0.1) is 30.6 Å². The molecule has 1 saturated heterocycles. The van der Waals surface area contributed by atoms with E-state index in [-0.39, 0.29) is 0 Å². The van der Waals surface area contributed by atoms with Crippen molar-refractivity contribution in [3.05, 3.63) is 42.7 Å². The Morgan fingerprint density at radius 3 is 2.76 bits per heavy atom. The topological polar surface area (TPSA) is 83.9 Å². The predicted molar refractivity (Wildman–Crippen MR) is 132 cm³/mol. The minimum Gasteiger partial charge on any atom is -0.379 e. The van der Waals surface area contributed by atoms with Gasteiger partial charge in [0, 0.05) is 48.0 Å². The lowest BCUT2D eigenvalue weighted by Gasteiger charge is -2.39. The monoisotopic (exact) mass is 457 g/mol. The molecular weight excluding hydrogens is 426 g/mol. The summed E-state index contributed by atoms with van der Waals surface area (Å²) < 4.78 is 7.61. The van der Waals surface area contributed by atoms with Crippen LogP contribution in [-0.2, 0) is 4.74 Å². The first kappa shape index (κ1) is 20.4. The molecule has 0 bridgehead atoms. The summed E-state index contributed by atoms with van der Waals surface area (Å²) in [6.45, 7) is 5.99. The van der Waals surface area contributed by atoms with Crippen LogP contribution in [0.4, 0.5) is 5.82 Å². The SMILES string of the molecule is Cc1cn(-c2ccc3[nH]c4ncnc(NC5CC56CCC(N5CCOCC5)CC6)c4c3c2)cn1. The summed E-state index contributed by atoms with van der Waals surface area (Å²) in [5.74, 6) is 0.951. The smallest absolute Gasteiger partial charge is 0.143 e. The molecule has 2 N–H and O–H groups in total. The Kier molecular flexibility index (Phi) is 4.67. The fourth-order valence-electron chi connectivity index (χ4n) is 6.30. The van der Waals surface area contributed by atoms with Gasteiger partial charge < -0.3 is 19.6 Å². The highest BCUT2D eigenvalue weighted by Crippen LogP contribution is 2.58. The Bertz CT molecular complexity index is 1340. The van der Waals surface area contributed by atoms with E-state index >= 15 is 0 Å². The molecule has 1 aromatic carbocycles. The zero-order valence-electron chi connectivity index (χ0n) is 19.6. The molecule has 34 heavy (non-hydrogen) atoms. The third-order valence-electron chi connectivity index (χ3n) is 8.40. The molecule has 7 rings (SSSR count). The predicted octanol–water partition coefficient (Wildman–Crippen LogP) is 4.05. The third kappa shape index (κ3) is 3.39. The Balaban J connectivity index is 1.14. The van der Waals surface area contributed by atoms with Crippen molar-refractivity contribution in [2.45, 2.75) is 51.1 Å². The van der Waals surface area contributed by atoms with E-state index in [0.29, 0.717) is 11.5 Å². The molecule has 8 nitrogen and oxygen atoms in total. The standard InChI is InChI=1S/C26H31N7O/c1-17-14-33(16-29-17)19-2-3-21-20(12-19)23-24(30-21)27-15-28-25(23)31-22-13-26(22)6-4-18(5-7-26)32-8-10-34-11-9-32/h2-3,12,14-16,18,22H,4-11,13H2,1H3,(H2,27,28,30,31). The van der Waals surface area contributed by atoms with Gasteiger partial charge in [0.2, 0.25) is 0 Å². The molecule has 1 atom stereocenters. The van der Waals surface area contributed by atoms with Crippen molar-refractivity contribution in [3.8, 4) is 5.69 Å². The van der Waals surface area contributed by atoms with Crippen LogP contribution in [0.5, 0.6) is 0 Å². The molecule has 3 fully saturated rings. The highest BCUT2D eigenvalue weighted by molar-refractivity contribution is 6.11. The van der Waals surface area contributed by atoms with E-state index in [0.717, 1.165) is 71.5 Å². The molecule has 4 heterocycles. The minimum atomic E-state index is 0.436. The van der Waals surface area contributed by atoms with E-state index in [4.69, 9.17) is 9.72 Å². The molecule has 2 saturated carbocycles. The van der Waals surface area contributed by atoms with Crippen LogP contribution in [0.15, 0.2) is 37.1 Å². The Morgan fingerprint density at radius 1 is 1.12 bits per heavy atom. The van der Waals surface area contributed by atoms with E-state index in [9.17, 15) is 0 Å². The largest absolute Gasteiger partial charge is 0.379 e. The number of ether oxygens (including phenoxy) is 1. The molecule has 0 radical (unpaired) electrons. The summed E-state index contributed by atoms with van der Waals surface area (Å²) in [5, 5.41) is 6.06. The lowest BCUT2D eigenvalue weighted by molar-refractivity contribution is 0.00351. The average Bonchev–Trinajstić information content (AvgIpc) is 3.19. The number of hydrogen-bond acceptors (Lipinski definition) is 6. The number of hydrogen-bond donors (Lipinski definition) is 2. The van der Waals surface area contributed by atoms with Crippen molar-refractivity contribution in [3.63, 3.8) is 0 Å². The van der Waals surface area contributed by atoms with Gasteiger partial charge in [0.1, 0.15) is 17.8 Å². The number of fused-ring (bicyclic) bond motifs is 3. The van der Waals surface area contributed by atoms with Gasteiger partial charge in [0.15, 0.2) is 0 Å². The number of nitrogens with one attached hydrogen (secondary N) is 2. The Labute approximate surface area is 198 Å². The highest BCUT2D eigenvalue weighted by Gasteiger charge is 2.55. The maximum atomic E-state index is 5.55. The van der Waals surface area contributed by atoms with Crippen molar-refractivity contribution in [1.29, 1.82) is 0 Å². The van der Waals surface area contributed by atoms with Crippen LogP contribution < -0.4 is 5.32 Å². The van der Waals surface area contributed by atoms with E-state index in [1.165, 1.54) is 32.1 Å². The third-order valence-corrected chi connectivity index (χ3v) is 8.40. The van der Waals surface area contributed by atoms with E-state index in [1.54, 1.807) is 6.33 Å². The first-order valence-electron chi connectivity index (χ1n) is 12.5. The molecule has 1 aliphatic heterocycles. The van der Waals surface area contributed by atoms with Crippen molar-refractivity contribution in [2.75, 3.05) is 31.6 Å². The van der Waals surface area contributed by atoms with Gasteiger partial charge in [-0.2, -0.15) is 0 Å². The quantitative estimate of drug-likeness (QED) is 0.481. The number of H-pyrrole nitrogens is 1. The first-order chi connectivity index (χ1) is 16.7. The van der Waals surface area contributed by atoms with Gasteiger partial charge >= 0.3 is 0 Å². The van der Waals surface area contributed by atoms with Gasteiger partial charge in [-0.05, 0) is 62.6 Å². The fourth-order valence-corrected chi connectivity index (χ4v) is 6.30. The van der Waals surface area contributed by atoms with Crippen molar-refractivity contribution >= 4 is 27.8 Å². The van der Waals surface area contributed by atoms with Gasteiger partial charge in [0.25, 0.3) is 0 Å². The van der Waals surface area contributed by atoms with Gasteiger partial charge in [-0.15, -0.1) is 0 Å². The van der Waals surface area contributed by atoms with Crippen LogP contribution in [0.2, 0.25) is 0 Å². The number of imidazole rings is 1. The molecular formula is C26H31N7O. The van der Waals surface area contributed by atoms with E-state index < -0.39 is 0 Å². The van der Waals surface area contributed by atoms with Crippen molar-refractivity contribution < 1.29 is 4.74 Å².